The van der Waals surface area contributed by atoms with Crippen molar-refractivity contribution < 1.29 is 14.1 Å². The van der Waals surface area contributed by atoms with Crippen LogP contribution in [0.2, 0.25) is 0 Å². The van der Waals surface area contributed by atoms with E-state index in [9.17, 15) is 4.79 Å². The molecule has 1 N–H and O–H groups in total. The molecule has 0 radical (unpaired) electrons. The van der Waals surface area contributed by atoms with Gasteiger partial charge in [-0.25, -0.2) is 0 Å². The molecule has 3 aromatic rings. The summed E-state index contributed by atoms with van der Waals surface area (Å²) >= 11 is 0. The van der Waals surface area contributed by atoms with Crippen LogP contribution in [-0.2, 0) is 15.7 Å². The minimum Gasteiger partial charge on any atom is -0.399 e. The zero-order chi connectivity index (χ0) is 19.0. The molecule has 136 valence electrons. The monoisotopic (exact) mass is 359 g/mol. The van der Waals surface area contributed by atoms with E-state index < -0.39 is 18.3 Å². The second-order valence-corrected chi connectivity index (χ2v) is 8.50. The molecule has 5 heteroatoms. The Balaban J connectivity index is 1.70. The fourth-order valence-corrected chi connectivity index (χ4v) is 4.10. The van der Waals surface area contributed by atoms with Gasteiger partial charge in [0.05, 0.1) is 16.8 Å². The van der Waals surface area contributed by atoms with E-state index in [1.165, 1.54) is 0 Å². The highest BCUT2D eigenvalue weighted by molar-refractivity contribution is 6.65. The SMILES string of the molecule is CC1(C)OB(c2cccc3[nH]c4c(c23)C(=O)c2ccccc2C4)OC1(C)C. The Hall–Kier alpha value is -2.37. The van der Waals surface area contributed by atoms with Gasteiger partial charge in [-0.15, -0.1) is 0 Å². The van der Waals surface area contributed by atoms with Gasteiger partial charge in [-0.05, 0) is 44.8 Å². The van der Waals surface area contributed by atoms with Gasteiger partial charge in [0.25, 0.3) is 0 Å². The molecule has 0 saturated carbocycles. The Morgan fingerprint density at radius 3 is 2.41 bits per heavy atom. The Labute approximate surface area is 159 Å². The number of aromatic nitrogens is 1. The molecule has 5 rings (SSSR count). The number of H-pyrrole nitrogens is 1. The van der Waals surface area contributed by atoms with Gasteiger partial charge in [0, 0.05) is 28.6 Å². The van der Waals surface area contributed by atoms with E-state index in [0.717, 1.165) is 45.2 Å². The maximum absolute atomic E-state index is 13.3. The van der Waals surface area contributed by atoms with Crippen molar-refractivity contribution in [1.29, 1.82) is 0 Å². The number of fused-ring (bicyclic) bond motifs is 4. The second kappa shape index (κ2) is 5.34. The van der Waals surface area contributed by atoms with E-state index in [4.69, 9.17) is 9.31 Å². The summed E-state index contributed by atoms with van der Waals surface area (Å²) in [6, 6.07) is 13.9. The predicted molar refractivity (Wildman–Crippen MR) is 107 cm³/mol. The Bertz CT molecular complexity index is 1080. The summed E-state index contributed by atoms with van der Waals surface area (Å²) in [5.41, 5.74) is 4.60. The van der Waals surface area contributed by atoms with Gasteiger partial charge in [0.1, 0.15) is 0 Å². The molecule has 0 bridgehead atoms. The van der Waals surface area contributed by atoms with Crippen LogP contribution in [0.15, 0.2) is 42.5 Å². The van der Waals surface area contributed by atoms with Crippen molar-refractivity contribution in [2.75, 3.05) is 0 Å². The quantitative estimate of drug-likeness (QED) is 0.529. The van der Waals surface area contributed by atoms with Crippen LogP contribution in [0.5, 0.6) is 0 Å². The first-order chi connectivity index (χ1) is 12.8. The number of aromatic amines is 1. The van der Waals surface area contributed by atoms with E-state index in [-0.39, 0.29) is 5.78 Å². The molecule has 0 amide bonds. The van der Waals surface area contributed by atoms with Crippen molar-refractivity contribution in [3.05, 3.63) is 64.8 Å². The van der Waals surface area contributed by atoms with Gasteiger partial charge in [0.15, 0.2) is 5.78 Å². The average molecular weight is 359 g/mol. The number of hydrogen-bond acceptors (Lipinski definition) is 3. The molecule has 1 aromatic heterocycles. The van der Waals surface area contributed by atoms with Crippen LogP contribution in [0.4, 0.5) is 0 Å². The van der Waals surface area contributed by atoms with Crippen LogP contribution in [0.3, 0.4) is 0 Å². The fraction of sp³-hybridized carbons (Fsp3) is 0.318. The molecule has 1 fully saturated rings. The zero-order valence-electron chi connectivity index (χ0n) is 16.1. The van der Waals surface area contributed by atoms with Crippen LogP contribution in [0.1, 0.15) is 54.9 Å². The molecule has 27 heavy (non-hydrogen) atoms. The van der Waals surface area contributed by atoms with Crippen molar-refractivity contribution >= 4 is 29.3 Å². The molecular formula is C22H22BNO3. The molecule has 2 aromatic carbocycles. The predicted octanol–water partition coefficient (Wildman–Crippen LogP) is 3.60. The van der Waals surface area contributed by atoms with Crippen molar-refractivity contribution in [2.45, 2.75) is 45.3 Å². The molecular weight excluding hydrogens is 337 g/mol. The highest BCUT2D eigenvalue weighted by atomic mass is 16.7. The summed E-state index contributed by atoms with van der Waals surface area (Å²) < 4.78 is 12.6. The molecule has 1 aliphatic carbocycles. The molecule has 0 spiro atoms. The van der Waals surface area contributed by atoms with Crippen LogP contribution >= 0.6 is 0 Å². The lowest BCUT2D eigenvalue weighted by atomic mass is 9.74. The summed E-state index contributed by atoms with van der Waals surface area (Å²) in [5, 5.41) is 0.922. The molecule has 0 unspecified atom stereocenters. The number of rotatable bonds is 1. The largest absolute Gasteiger partial charge is 0.495 e. The summed E-state index contributed by atoms with van der Waals surface area (Å²) in [7, 11) is -0.497. The second-order valence-electron chi connectivity index (χ2n) is 8.50. The summed E-state index contributed by atoms with van der Waals surface area (Å²) in [5.74, 6) is 0.0714. The molecule has 1 saturated heterocycles. The highest BCUT2D eigenvalue weighted by Gasteiger charge is 2.52. The summed E-state index contributed by atoms with van der Waals surface area (Å²) in [4.78, 5) is 16.8. The first-order valence-corrected chi connectivity index (χ1v) is 9.40. The normalized spacial score (nSPS) is 20.0. The smallest absolute Gasteiger partial charge is 0.399 e. The van der Waals surface area contributed by atoms with Gasteiger partial charge >= 0.3 is 7.12 Å². The number of hydrogen-bond donors (Lipinski definition) is 1. The van der Waals surface area contributed by atoms with Crippen molar-refractivity contribution in [1.82, 2.24) is 4.98 Å². The first-order valence-electron chi connectivity index (χ1n) is 9.40. The van der Waals surface area contributed by atoms with Gasteiger partial charge < -0.3 is 14.3 Å². The van der Waals surface area contributed by atoms with Crippen molar-refractivity contribution in [2.24, 2.45) is 0 Å². The lowest BCUT2D eigenvalue weighted by Crippen LogP contribution is -2.41. The van der Waals surface area contributed by atoms with Crippen molar-refractivity contribution in [3.63, 3.8) is 0 Å². The maximum Gasteiger partial charge on any atom is 0.495 e. The van der Waals surface area contributed by atoms with Crippen LogP contribution in [-0.4, -0.2) is 29.1 Å². The molecule has 2 heterocycles. The Morgan fingerprint density at radius 2 is 1.67 bits per heavy atom. The fourth-order valence-electron chi connectivity index (χ4n) is 4.10. The standard InChI is InChI=1S/C22H22BNO3/c1-21(2)22(3,4)27-23(26-21)15-10-7-11-16-18(15)19-17(24-16)12-13-8-5-6-9-14(13)20(19)25/h5-11,24H,12H2,1-4H3. The Morgan fingerprint density at radius 1 is 0.963 bits per heavy atom. The number of ketones is 1. The van der Waals surface area contributed by atoms with E-state index in [1.807, 2.05) is 70.2 Å². The highest BCUT2D eigenvalue weighted by Crippen LogP contribution is 2.38. The topological polar surface area (TPSA) is 51.3 Å². The lowest BCUT2D eigenvalue weighted by Gasteiger charge is -2.32. The first kappa shape index (κ1) is 16.8. The Kier molecular flexibility index (Phi) is 3.32. The third kappa shape index (κ3) is 2.28. The summed E-state index contributed by atoms with van der Waals surface area (Å²) in [6.07, 6.45) is 0.731. The molecule has 2 aliphatic rings. The lowest BCUT2D eigenvalue weighted by molar-refractivity contribution is 0.00578. The number of carbonyl (C=O) groups excluding carboxylic acids is 1. The third-order valence-corrected chi connectivity index (χ3v) is 6.30. The average Bonchev–Trinajstić information content (AvgIpc) is 3.08. The van der Waals surface area contributed by atoms with Crippen LogP contribution in [0.25, 0.3) is 10.9 Å². The van der Waals surface area contributed by atoms with Gasteiger partial charge in [0.2, 0.25) is 0 Å². The zero-order valence-corrected chi connectivity index (χ0v) is 16.1. The van der Waals surface area contributed by atoms with Crippen LogP contribution in [0, 0.1) is 0 Å². The minimum absolute atomic E-state index is 0.0714. The van der Waals surface area contributed by atoms with Gasteiger partial charge in [-0.1, -0.05) is 36.4 Å². The van der Waals surface area contributed by atoms with Gasteiger partial charge in [-0.2, -0.15) is 0 Å². The number of nitrogens with one attached hydrogen (secondary N) is 1. The number of carbonyl (C=O) groups is 1. The molecule has 4 nitrogen and oxygen atoms in total. The van der Waals surface area contributed by atoms with E-state index >= 15 is 0 Å². The van der Waals surface area contributed by atoms with Crippen molar-refractivity contribution in [3.8, 4) is 0 Å². The summed E-state index contributed by atoms with van der Waals surface area (Å²) in [6.45, 7) is 8.17. The maximum atomic E-state index is 13.3. The number of benzene rings is 2. The molecule has 0 atom stereocenters. The van der Waals surface area contributed by atoms with E-state index in [1.54, 1.807) is 0 Å². The van der Waals surface area contributed by atoms with Crippen LogP contribution < -0.4 is 5.46 Å². The molecule has 1 aliphatic heterocycles. The van der Waals surface area contributed by atoms with Gasteiger partial charge in [-0.3, -0.25) is 4.79 Å². The van der Waals surface area contributed by atoms with E-state index in [0.29, 0.717) is 0 Å². The third-order valence-electron chi connectivity index (χ3n) is 6.30. The van der Waals surface area contributed by atoms with E-state index in [2.05, 4.69) is 4.98 Å². The minimum atomic E-state index is -0.497.